The number of likely N-dealkylation sites (N-methyl/N-ethyl adjacent to an activating group) is 1. The smallest absolute Gasteiger partial charge is 0.354 e. The molecule has 0 saturated carbocycles. The van der Waals surface area contributed by atoms with E-state index >= 15 is 0 Å². The van der Waals surface area contributed by atoms with Gasteiger partial charge in [-0.15, -0.1) is 0 Å². The van der Waals surface area contributed by atoms with E-state index < -0.39 is 54.3 Å². The second-order valence-corrected chi connectivity index (χ2v) is 5.07. The zero-order chi connectivity index (χ0) is 25.7. The third-order valence-corrected chi connectivity index (χ3v) is 2.88. The number of hydrogen-bond acceptors (Lipinski definition) is 3. The normalized spacial score (nSPS) is 18.9. The van der Waals surface area contributed by atoms with Crippen molar-refractivity contribution in [1.29, 1.82) is 0 Å². The molecule has 0 aliphatic carbocycles. The average Bonchev–Trinajstić information content (AvgIpc) is 2.49. The molecule has 0 unspecified atom stereocenters. The fourth-order valence-electron chi connectivity index (χ4n) is 1.32. The minimum absolute atomic E-state index is 0.0187. The number of hydrogen-bond donors (Lipinski definition) is 1. The minimum atomic E-state index is -8.01. The highest BCUT2D eigenvalue weighted by Gasteiger charge is 2.85. The van der Waals surface area contributed by atoms with Crippen LogP contribution in [0.4, 0.5) is 74.6 Å². The van der Waals surface area contributed by atoms with Crippen LogP contribution in [0.3, 0.4) is 0 Å². The van der Waals surface area contributed by atoms with Crippen molar-refractivity contribution in [2.45, 2.75) is 48.4 Å². The summed E-state index contributed by atoms with van der Waals surface area (Å²) >= 11 is 0. The van der Waals surface area contributed by atoms with Gasteiger partial charge in [0.25, 0.3) is 5.91 Å². The molecule has 2 atom stereocenters. The fraction of sp³-hybridized carbons (Fsp3) is 0.900. The van der Waals surface area contributed by atoms with Gasteiger partial charge in [0.2, 0.25) is 0 Å². The van der Waals surface area contributed by atoms with Crippen molar-refractivity contribution >= 4 is 5.91 Å². The van der Waals surface area contributed by atoms with Gasteiger partial charge < -0.3 is 5.32 Å². The van der Waals surface area contributed by atoms with Gasteiger partial charge in [-0.3, -0.25) is 14.3 Å². The summed E-state index contributed by atoms with van der Waals surface area (Å²) in [7, 11) is 0.0187. The molecule has 31 heavy (non-hydrogen) atoms. The number of ether oxygens (including phenoxy) is 2. The molecule has 0 aromatic rings. The van der Waals surface area contributed by atoms with E-state index in [0.29, 0.717) is 5.32 Å². The first kappa shape index (κ1) is 29.2. The molecule has 186 valence electrons. The monoisotopic (exact) mass is 509 g/mol. The van der Waals surface area contributed by atoms with Crippen LogP contribution in [-0.4, -0.2) is 61.3 Å². The Morgan fingerprint density at radius 1 is 0.581 bits per heavy atom. The van der Waals surface area contributed by atoms with Gasteiger partial charge in [-0.2, -0.15) is 74.6 Å². The standard InChI is InChI=1S/C10H4F17NO3/c1-28-2(29)3(11,6(15,16)17)30-10(26,27)5(14,8(21,22)23)31-9(24,25)4(12,13)7(18,19)20/h1H3,(H,28,29)/t3-,5+/m0/s1. The van der Waals surface area contributed by atoms with E-state index in [1.54, 1.807) is 4.74 Å². The van der Waals surface area contributed by atoms with Crippen LogP contribution >= 0.6 is 0 Å². The van der Waals surface area contributed by atoms with Gasteiger partial charge in [0.1, 0.15) is 0 Å². The van der Waals surface area contributed by atoms with Crippen LogP contribution in [0.15, 0.2) is 0 Å². The molecular formula is C10H4F17NO3. The van der Waals surface area contributed by atoms with E-state index in [2.05, 4.69) is 0 Å². The van der Waals surface area contributed by atoms with Crippen LogP contribution in [0.2, 0.25) is 0 Å². The van der Waals surface area contributed by atoms with Crippen LogP contribution in [-0.2, 0) is 14.3 Å². The van der Waals surface area contributed by atoms with Gasteiger partial charge in [0, 0.05) is 7.05 Å². The summed E-state index contributed by atoms with van der Waals surface area (Å²) in [4.78, 5) is 10.8. The van der Waals surface area contributed by atoms with Crippen LogP contribution in [0.5, 0.6) is 0 Å². The number of amides is 1. The van der Waals surface area contributed by atoms with Crippen molar-refractivity contribution in [2.24, 2.45) is 0 Å². The molecule has 0 spiro atoms. The topological polar surface area (TPSA) is 47.6 Å². The summed E-state index contributed by atoms with van der Waals surface area (Å²) in [6.45, 7) is 0. The van der Waals surface area contributed by atoms with Crippen molar-refractivity contribution in [3.63, 3.8) is 0 Å². The lowest BCUT2D eigenvalue weighted by Gasteiger charge is -2.40. The van der Waals surface area contributed by atoms with Crippen molar-refractivity contribution in [1.82, 2.24) is 5.32 Å². The lowest BCUT2D eigenvalue weighted by atomic mass is 10.2. The van der Waals surface area contributed by atoms with Crippen LogP contribution < -0.4 is 5.32 Å². The number of rotatable bonds is 7. The molecule has 0 aliphatic rings. The molecule has 0 aliphatic heterocycles. The van der Waals surface area contributed by atoms with E-state index in [1.807, 2.05) is 0 Å². The molecule has 4 nitrogen and oxygen atoms in total. The Morgan fingerprint density at radius 2 is 0.968 bits per heavy atom. The first-order chi connectivity index (χ1) is 13.1. The zero-order valence-corrected chi connectivity index (χ0v) is 13.7. The van der Waals surface area contributed by atoms with Gasteiger partial charge in [0.15, 0.2) is 0 Å². The second-order valence-electron chi connectivity index (χ2n) is 5.07. The molecule has 0 rings (SSSR count). The van der Waals surface area contributed by atoms with Gasteiger partial charge in [0.05, 0.1) is 0 Å². The molecule has 0 fully saturated rings. The maximum Gasteiger partial charge on any atom is 0.462 e. The lowest BCUT2D eigenvalue weighted by Crippen LogP contribution is -2.68. The number of carbonyl (C=O) groups excluding carboxylic acids is 1. The SMILES string of the molecule is CNC(=O)[C@](F)(OC(F)(F)[C@](F)(OC(F)(F)C(F)(F)C(F)(F)F)C(F)(F)F)C(F)(F)F. The maximum atomic E-state index is 13.7. The first-order valence-electron chi connectivity index (χ1n) is 6.48. The number of alkyl halides is 17. The molecule has 0 aromatic carbocycles. The molecular weight excluding hydrogens is 505 g/mol. The van der Waals surface area contributed by atoms with E-state index in [9.17, 15) is 79.4 Å². The summed E-state index contributed by atoms with van der Waals surface area (Å²) in [6.07, 6.45) is -38.3. The number of halogens is 17. The van der Waals surface area contributed by atoms with E-state index in [4.69, 9.17) is 0 Å². The number of nitrogens with one attached hydrogen (secondary N) is 1. The Bertz CT molecular complexity index is 667. The molecule has 1 amide bonds. The number of carbonyl (C=O) groups is 1. The van der Waals surface area contributed by atoms with Crippen molar-refractivity contribution in [2.75, 3.05) is 7.05 Å². The van der Waals surface area contributed by atoms with Crippen LogP contribution in [0, 0.1) is 0 Å². The Hall–Kier alpha value is -1.80. The Balaban J connectivity index is 6.69. The molecule has 0 saturated heterocycles. The Labute approximate surface area is 157 Å². The summed E-state index contributed by atoms with van der Waals surface area (Å²) in [6, 6.07) is 0. The quantitative estimate of drug-likeness (QED) is 0.511. The summed E-state index contributed by atoms with van der Waals surface area (Å²) in [5.74, 6) is -26.0. The highest BCUT2D eigenvalue weighted by Crippen LogP contribution is 2.56. The third-order valence-electron chi connectivity index (χ3n) is 2.88. The third kappa shape index (κ3) is 4.85. The maximum absolute atomic E-state index is 13.7. The average molecular weight is 509 g/mol. The Morgan fingerprint density at radius 3 is 1.23 bits per heavy atom. The zero-order valence-electron chi connectivity index (χ0n) is 13.7. The first-order valence-corrected chi connectivity index (χ1v) is 6.48. The minimum Gasteiger partial charge on any atom is -0.354 e. The lowest BCUT2D eigenvalue weighted by molar-refractivity contribution is -0.548. The molecule has 1 N–H and O–H groups in total. The molecule has 0 radical (unpaired) electrons. The van der Waals surface area contributed by atoms with Crippen LogP contribution in [0.1, 0.15) is 0 Å². The predicted octanol–water partition coefficient (Wildman–Crippen LogP) is 4.61. The molecule has 21 heteroatoms. The van der Waals surface area contributed by atoms with Crippen LogP contribution in [0.25, 0.3) is 0 Å². The largest absolute Gasteiger partial charge is 0.462 e. The van der Waals surface area contributed by atoms with E-state index in [0.717, 1.165) is 0 Å². The van der Waals surface area contributed by atoms with E-state index in [1.165, 1.54) is 4.74 Å². The highest BCUT2D eigenvalue weighted by molar-refractivity contribution is 5.84. The second kappa shape index (κ2) is 7.66. The summed E-state index contributed by atoms with van der Waals surface area (Å²) in [5, 5.41) is 0.564. The van der Waals surface area contributed by atoms with Gasteiger partial charge >= 0.3 is 48.4 Å². The van der Waals surface area contributed by atoms with E-state index in [-0.39, 0.29) is 7.05 Å². The van der Waals surface area contributed by atoms with Gasteiger partial charge in [-0.1, -0.05) is 0 Å². The van der Waals surface area contributed by atoms with Gasteiger partial charge in [-0.25, -0.2) is 0 Å². The van der Waals surface area contributed by atoms with Crippen molar-refractivity contribution in [3.05, 3.63) is 0 Å². The Kier molecular flexibility index (Phi) is 7.21. The highest BCUT2D eigenvalue weighted by atomic mass is 19.4. The van der Waals surface area contributed by atoms with Gasteiger partial charge in [-0.05, 0) is 0 Å². The molecule has 0 bridgehead atoms. The fourth-order valence-corrected chi connectivity index (χ4v) is 1.32. The van der Waals surface area contributed by atoms with Crippen molar-refractivity contribution in [3.8, 4) is 0 Å². The predicted molar refractivity (Wildman–Crippen MR) is 56.9 cm³/mol. The molecule has 0 heterocycles. The summed E-state index contributed by atoms with van der Waals surface area (Å²) < 4.78 is 219. The van der Waals surface area contributed by atoms with Crippen molar-refractivity contribution < 1.29 is 88.9 Å². The molecule has 0 aromatic heterocycles. The summed E-state index contributed by atoms with van der Waals surface area (Å²) in [5.41, 5.74) is 0.